The van der Waals surface area contributed by atoms with Crippen molar-refractivity contribution in [2.24, 2.45) is 0 Å². The highest BCUT2D eigenvalue weighted by Gasteiger charge is 2.34. The zero-order valence-electron chi connectivity index (χ0n) is 12.0. The Balaban J connectivity index is 2.12. The summed E-state index contributed by atoms with van der Waals surface area (Å²) < 4.78 is 37.1. The Labute approximate surface area is 120 Å². The number of hydrogen-bond acceptors (Lipinski definition) is 3. The molecule has 1 aliphatic carbocycles. The number of halogens is 1. The van der Waals surface area contributed by atoms with Crippen molar-refractivity contribution in [3.8, 4) is 0 Å². The maximum atomic E-state index is 13.2. The van der Waals surface area contributed by atoms with E-state index in [-0.39, 0.29) is 17.1 Å². The average Bonchev–Trinajstić information content (AvgIpc) is 2.37. The average molecular weight is 299 g/mol. The summed E-state index contributed by atoms with van der Waals surface area (Å²) in [7, 11) is -1.11. The van der Waals surface area contributed by atoms with Crippen LogP contribution in [-0.4, -0.2) is 37.9 Å². The maximum absolute atomic E-state index is 13.2. The van der Waals surface area contributed by atoms with E-state index >= 15 is 0 Å². The molecular formula is C15H22FNO2S. The Morgan fingerprint density at radius 3 is 2.65 bits per heavy atom. The Hall–Kier alpha value is -0.940. The Kier molecular flexibility index (Phi) is 4.81. The third-order valence-electron chi connectivity index (χ3n) is 4.10. The molecule has 0 amide bonds. The van der Waals surface area contributed by atoms with E-state index in [0.717, 1.165) is 31.2 Å². The molecule has 1 aliphatic rings. The van der Waals surface area contributed by atoms with E-state index < -0.39 is 9.84 Å². The van der Waals surface area contributed by atoms with Crippen LogP contribution in [0.25, 0.3) is 0 Å². The van der Waals surface area contributed by atoms with Crippen LogP contribution in [0.3, 0.4) is 0 Å². The van der Waals surface area contributed by atoms with Crippen molar-refractivity contribution in [3.63, 3.8) is 0 Å². The molecule has 5 heteroatoms. The van der Waals surface area contributed by atoms with Crippen LogP contribution in [0.1, 0.15) is 31.2 Å². The number of sulfone groups is 1. The molecule has 112 valence electrons. The first-order valence-corrected chi connectivity index (χ1v) is 8.97. The lowest BCUT2D eigenvalue weighted by Crippen LogP contribution is -2.46. The fourth-order valence-corrected chi connectivity index (χ4v) is 4.63. The van der Waals surface area contributed by atoms with Crippen LogP contribution in [0.4, 0.5) is 4.39 Å². The van der Waals surface area contributed by atoms with Crippen LogP contribution in [-0.2, 0) is 16.4 Å². The molecule has 0 N–H and O–H groups in total. The van der Waals surface area contributed by atoms with Gasteiger partial charge in [0, 0.05) is 18.8 Å². The van der Waals surface area contributed by atoms with Crippen molar-refractivity contribution in [1.29, 1.82) is 0 Å². The molecular weight excluding hydrogens is 277 g/mol. The van der Waals surface area contributed by atoms with Crippen molar-refractivity contribution in [2.45, 2.75) is 43.5 Å². The summed E-state index contributed by atoms with van der Waals surface area (Å²) in [5.41, 5.74) is 0.880. The highest BCUT2D eigenvalue weighted by molar-refractivity contribution is 7.91. The molecule has 1 aromatic rings. The molecule has 0 saturated heterocycles. The molecule has 0 unspecified atom stereocenters. The summed E-state index contributed by atoms with van der Waals surface area (Å²) in [6, 6.07) is 6.52. The number of nitrogens with zero attached hydrogens (tertiary/aromatic N) is 1. The van der Waals surface area contributed by atoms with Crippen LogP contribution in [0.5, 0.6) is 0 Å². The number of hydrogen-bond donors (Lipinski definition) is 0. The van der Waals surface area contributed by atoms with E-state index in [0.29, 0.717) is 6.54 Å². The third-order valence-corrected chi connectivity index (χ3v) is 5.75. The van der Waals surface area contributed by atoms with Crippen LogP contribution < -0.4 is 0 Å². The zero-order valence-corrected chi connectivity index (χ0v) is 12.9. The van der Waals surface area contributed by atoms with Gasteiger partial charge < -0.3 is 0 Å². The van der Waals surface area contributed by atoms with Gasteiger partial charge in [-0.15, -0.1) is 0 Å². The maximum Gasteiger partial charge on any atom is 0.151 e. The fourth-order valence-electron chi connectivity index (χ4n) is 3.12. The summed E-state index contributed by atoms with van der Waals surface area (Å²) in [5, 5.41) is -0.296. The molecule has 1 fully saturated rings. The summed E-state index contributed by atoms with van der Waals surface area (Å²) in [4.78, 5) is 2.06. The lowest BCUT2D eigenvalue weighted by molar-refractivity contribution is 0.187. The second-order valence-electron chi connectivity index (χ2n) is 5.76. The molecule has 2 atom stereocenters. The van der Waals surface area contributed by atoms with Crippen molar-refractivity contribution in [2.75, 3.05) is 13.3 Å². The molecule has 2 rings (SSSR count). The first-order valence-electron chi connectivity index (χ1n) is 7.01. The second-order valence-corrected chi connectivity index (χ2v) is 8.03. The smallest absolute Gasteiger partial charge is 0.151 e. The molecule has 0 heterocycles. The fraction of sp³-hybridized carbons (Fsp3) is 0.600. The van der Waals surface area contributed by atoms with Crippen molar-refractivity contribution in [1.82, 2.24) is 4.90 Å². The summed E-state index contributed by atoms with van der Waals surface area (Å²) >= 11 is 0. The quantitative estimate of drug-likeness (QED) is 0.857. The van der Waals surface area contributed by atoms with Gasteiger partial charge in [0.05, 0.1) is 5.25 Å². The predicted octanol–water partition coefficient (Wildman–Crippen LogP) is 2.61. The molecule has 1 aromatic carbocycles. The molecule has 0 bridgehead atoms. The van der Waals surface area contributed by atoms with Gasteiger partial charge in [0.15, 0.2) is 9.84 Å². The monoisotopic (exact) mass is 299 g/mol. The highest BCUT2D eigenvalue weighted by atomic mass is 32.2. The van der Waals surface area contributed by atoms with Crippen LogP contribution in [0.2, 0.25) is 0 Å². The van der Waals surface area contributed by atoms with Gasteiger partial charge in [-0.2, -0.15) is 0 Å². The van der Waals surface area contributed by atoms with Gasteiger partial charge in [-0.05, 0) is 37.6 Å². The highest BCUT2D eigenvalue weighted by Crippen LogP contribution is 2.28. The van der Waals surface area contributed by atoms with Gasteiger partial charge in [-0.1, -0.05) is 25.0 Å². The Morgan fingerprint density at radius 1 is 1.30 bits per heavy atom. The third kappa shape index (κ3) is 3.79. The lowest BCUT2D eigenvalue weighted by Gasteiger charge is -2.37. The molecule has 0 radical (unpaired) electrons. The molecule has 0 aromatic heterocycles. The minimum Gasteiger partial charge on any atom is -0.298 e. The first kappa shape index (κ1) is 15.4. The van der Waals surface area contributed by atoms with Gasteiger partial charge in [-0.25, -0.2) is 12.8 Å². The van der Waals surface area contributed by atoms with Gasteiger partial charge in [-0.3, -0.25) is 4.90 Å². The SMILES string of the molecule is CN(Cc1cccc(F)c1)[C@@H]1CCCC[C@H]1S(C)(=O)=O. The molecule has 0 aliphatic heterocycles. The largest absolute Gasteiger partial charge is 0.298 e. The lowest BCUT2D eigenvalue weighted by atomic mass is 9.93. The van der Waals surface area contributed by atoms with Gasteiger partial charge >= 0.3 is 0 Å². The first-order chi connectivity index (χ1) is 9.38. The summed E-state index contributed by atoms with van der Waals surface area (Å²) in [6.45, 7) is 0.578. The van der Waals surface area contributed by atoms with Crippen molar-refractivity contribution >= 4 is 9.84 Å². The predicted molar refractivity (Wildman–Crippen MR) is 78.8 cm³/mol. The van der Waals surface area contributed by atoms with Crippen LogP contribution in [0, 0.1) is 5.82 Å². The van der Waals surface area contributed by atoms with Crippen molar-refractivity contribution in [3.05, 3.63) is 35.6 Å². The second kappa shape index (κ2) is 6.22. The molecule has 0 spiro atoms. The molecule has 3 nitrogen and oxygen atoms in total. The molecule has 1 saturated carbocycles. The van der Waals surface area contributed by atoms with Gasteiger partial charge in [0.1, 0.15) is 5.82 Å². The van der Waals surface area contributed by atoms with Gasteiger partial charge in [0.25, 0.3) is 0 Å². The Bertz CT molecular complexity index is 559. The minimum absolute atomic E-state index is 0.0296. The topological polar surface area (TPSA) is 37.4 Å². The van der Waals surface area contributed by atoms with Crippen LogP contribution in [0.15, 0.2) is 24.3 Å². The van der Waals surface area contributed by atoms with E-state index in [9.17, 15) is 12.8 Å². The summed E-state index contributed by atoms with van der Waals surface area (Å²) in [6.07, 6.45) is 4.98. The normalized spacial score (nSPS) is 24.0. The number of rotatable bonds is 4. The van der Waals surface area contributed by atoms with E-state index in [4.69, 9.17) is 0 Å². The number of benzene rings is 1. The summed E-state index contributed by atoms with van der Waals surface area (Å²) in [5.74, 6) is -0.251. The van der Waals surface area contributed by atoms with Crippen LogP contribution >= 0.6 is 0 Å². The minimum atomic E-state index is -3.04. The van der Waals surface area contributed by atoms with E-state index in [1.165, 1.54) is 18.4 Å². The van der Waals surface area contributed by atoms with Gasteiger partial charge in [0.2, 0.25) is 0 Å². The van der Waals surface area contributed by atoms with Crippen molar-refractivity contribution < 1.29 is 12.8 Å². The van der Waals surface area contributed by atoms with E-state index in [1.54, 1.807) is 6.07 Å². The Morgan fingerprint density at radius 2 is 2.00 bits per heavy atom. The van der Waals surface area contributed by atoms with E-state index in [2.05, 4.69) is 4.90 Å². The zero-order chi connectivity index (χ0) is 14.8. The molecule has 20 heavy (non-hydrogen) atoms. The standard InChI is InChI=1S/C15H22FNO2S/c1-17(11-12-6-5-7-13(16)10-12)14-8-3-4-9-15(14)20(2,18)19/h5-7,10,14-15H,3-4,8-9,11H2,1-2H3/t14-,15-/m1/s1. The van der Waals surface area contributed by atoms with E-state index in [1.807, 2.05) is 13.1 Å².